The van der Waals surface area contributed by atoms with Crippen molar-refractivity contribution < 1.29 is 19.1 Å². The number of benzene rings is 1. The van der Waals surface area contributed by atoms with Crippen molar-refractivity contribution in [2.75, 3.05) is 7.05 Å². The van der Waals surface area contributed by atoms with Crippen LogP contribution < -0.4 is 10.4 Å². The van der Waals surface area contributed by atoms with E-state index in [2.05, 4.69) is 6.58 Å². The quantitative estimate of drug-likeness (QED) is 0.862. The number of aromatic hydroxyl groups is 1. The molecule has 0 bridgehead atoms. The second kappa shape index (κ2) is 5.26. The molecule has 0 aliphatic heterocycles. The topological polar surface area (TPSA) is 80.0 Å². The van der Waals surface area contributed by atoms with Crippen LogP contribution in [0.15, 0.2) is 40.2 Å². The molecule has 2 rings (SSSR count). The van der Waals surface area contributed by atoms with E-state index in [1.54, 1.807) is 0 Å². The SMILES string of the molecule is C=CN(C)C(=O)Oc1ccc2c(O)c(Cl)c(=O)oc2c1. The molecule has 0 unspecified atom stereocenters. The van der Waals surface area contributed by atoms with Crippen molar-refractivity contribution >= 4 is 28.7 Å². The van der Waals surface area contributed by atoms with Crippen LogP contribution in [0.4, 0.5) is 4.79 Å². The summed E-state index contributed by atoms with van der Waals surface area (Å²) in [5, 5.41) is 9.56. The Morgan fingerprint density at radius 3 is 2.90 bits per heavy atom. The van der Waals surface area contributed by atoms with Crippen LogP contribution in [0.25, 0.3) is 11.0 Å². The molecule has 0 saturated heterocycles. The Balaban J connectivity index is 2.45. The van der Waals surface area contributed by atoms with Crippen LogP contribution in [0.5, 0.6) is 11.5 Å². The third-order valence-corrected chi connectivity index (χ3v) is 2.90. The highest BCUT2D eigenvalue weighted by Crippen LogP contribution is 2.31. The zero-order valence-electron chi connectivity index (χ0n) is 10.4. The fraction of sp³-hybridized carbons (Fsp3) is 0.0769. The van der Waals surface area contributed by atoms with Crippen molar-refractivity contribution in [2.45, 2.75) is 0 Å². The van der Waals surface area contributed by atoms with Gasteiger partial charge in [-0.2, -0.15) is 0 Å². The molecule has 1 amide bonds. The normalized spacial score (nSPS) is 10.3. The molecule has 1 heterocycles. The largest absolute Gasteiger partial charge is 0.505 e. The van der Waals surface area contributed by atoms with Crippen LogP contribution >= 0.6 is 11.6 Å². The van der Waals surface area contributed by atoms with E-state index in [1.165, 1.54) is 31.4 Å². The lowest BCUT2D eigenvalue weighted by Gasteiger charge is -2.11. The Morgan fingerprint density at radius 1 is 1.55 bits per heavy atom. The molecule has 7 heteroatoms. The van der Waals surface area contributed by atoms with Gasteiger partial charge in [0.2, 0.25) is 0 Å². The predicted molar refractivity (Wildman–Crippen MR) is 73.1 cm³/mol. The summed E-state index contributed by atoms with van der Waals surface area (Å²) in [5.74, 6) is -0.222. The van der Waals surface area contributed by atoms with Gasteiger partial charge in [0.05, 0.1) is 5.39 Å². The Labute approximate surface area is 118 Å². The predicted octanol–water partition coefficient (Wildman–Crippen LogP) is 2.73. The van der Waals surface area contributed by atoms with E-state index in [1.807, 2.05) is 0 Å². The zero-order valence-corrected chi connectivity index (χ0v) is 11.2. The van der Waals surface area contributed by atoms with E-state index in [4.69, 9.17) is 20.8 Å². The molecular weight excluding hydrogens is 286 g/mol. The molecule has 0 spiro atoms. The average Bonchev–Trinajstić information content (AvgIpc) is 2.43. The highest BCUT2D eigenvalue weighted by Gasteiger charge is 2.14. The van der Waals surface area contributed by atoms with Crippen LogP contribution in [0.2, 0.25) is 5.02 Å². The van der Waals surface area contributed by atoms with Gasteiger partial charge in [0, 0.05) is 19.3 Å². The number of amides is 1. The van der Waals surface area contributed by atoms with Gasteiger partial charge in [-0.1, -0.05) is 18.2 Å². The third-order valence-electron chi connectivity index (χ3n) is 2.56. The molecule has 20 heavy (non-hydrogen) atoms. The number of hydrogen-bond acceptors (Lipinski definition) is 5. The summed E-state index contributed by atoms with van der Waals surface area (Å²) in [4.78, 5) is 24.0. The van der Waals surface area contributed by atoms with Gasteiger partial charge in [-0.15, -0.1) is 0 Å². The second-order valence-electron chi connectivity index (χ2n) is 3.87. The Morgan fingerprint density at radius 2 is 2.25 bits per heavy atom. The van der Waals surface area contributed by atoms with Gasteiger partial charge >= 0.3 is 11.7 Å². The number of nitrogens with zero attached hydrogens (tertiary/aromatic N) is 1. The number of fused-ring (bicyclic) bond motifs is 1. The molecule has 0 radical (unpaired) electrons. The Hall–Kier alpha value is -2.47. The fourth-order valence-electron chi connectivity index (χ4n) is 1.45. The molecule has 1 aromatic carbocycles. The molecule has 0 atom stereocenters. The van der Waals surface area contributed by atoms with Crippen molar-refractivity contribution in [3.8, 4) is 11.5 Å². The van der Waals surface area contributed by atoms with Gasteiger partial charge in [-0.05, 0) is 12.1 Å². The molecule has 0 aliphatic carbocycles. The number of ether oxygens (including phenoxy) is 1. The minimum atomic E-state index is -0.872. The van der Waals surface area contributed by atoms with E-state index >= 15 is 0 Å². The first-order chi connectivity index (χ1) is 9.43. The first kappa shape index (κ1) is 14.0. The monoisotopic (exact) mass is 295 g/mol. The van der Waals surface area contributed by atoms with Crippen LogP contribution in [-0.2, 0) is 0 Å². The molecule has 104 valence electrons. The standard InChI is InChI=1S/C13H10ClNO5/c1-3-15(2)13(18)19-7-4-5-8-9(6-7)20-12(17)10(14)11(8)16/h3-6,16H,1H2,2H3. The van der Waals surface area contributed by atoms with Gasteiger partial charge < -0.3 is 14.3 Å². The third kappa shape index (κ3) is 2.46. The molecule has 6 nitrogen and oxygen atoms in total. The van der Waals surface area contributed by atoms with E-state index in [0.717, 1.165) is 4.90 Å². The van der Waals surface area contributed by atoms with Crippen molar-refractivity contribution in [1.29, 1.82) is 0 Å². The molecular formula is C13H10ClNO5. The first-order valence-corrected chi connectivity index (χ1v) is 5.84. The minimum absolute atomic E-state index is 0.0588. The fourth-order valence-corrected chi connectivity index (χ4v) is 1.59. The number of halogens is 1. The van der Waals surface area contributed by atoms with Crippen LogP contribution in [-0.4, -0.2) is 23.1 Å². The summed E-state index contributed by atoms with van der Waals surface area (Å²) >= 11 is 5.58. The summed E-state index contributed by atoms with van der Waals surface area (Å²) in [6, 6.07) is 4.17. The highest BCUT2D eigenvalue weighted by molar-refractivity contribution is 6.32. The number of carbonyl (C=O) groups excluding carboxylic acids is 1. The Kier molecular flexibility index (Phi) is 3.67. The smallest absolute Gasteiger partial charge is 0.418 e. The average molecular weight is 296 g/mol. The maximum absolute atomic E-state index is 11.5. The van der Waals surface area contributed by atoms with E-state index in [9.17, 15) is 14.7 Å². The zero-order chi connectivity index (χ0) is 14.9. The van der Waals surface area contributed by atoms with Crippen molar-refractivity contribution in [2.24, 2.45) is 0 Å². The van der Waals surface area contributed by atoms with Crippen molar-refractivity contribution in [1.82, 2.24) is 4.90 Å². The summed E-state index contributed by atoms with van der Waals surface area (Å²) in [6.45, 7) is 3.42. The summed E-state index contributed by atoms with van der Waals surface area (Å²) in [5.41, 5.74) is -0.813. The van der Waals surface area contributed by atoms with E-state index < -0.39 is 16.7 Å². The second-order valence-corrected chi connectivity index (χ2v) is 4.25. The van der Waals surface area contributed by atoms with Gasteiger partial charge in [0.15, 0.2) is 10.8 Å². The summed E-state index contributed by atoms with van der Waals surface area (Å²) < 4.78 is 9.93. The molecule has 1 N–H and O–H groups in total. The van der Waals surface area contributed by atoms with Crippen molar-refractivity contribution in [3.63, 3.8) is 0 Å². The lowest BCUT2D eigenvalue weighted by molar-refractivity contribution is 0.177. The first-order valence-electron chi connectivity index (χ1n) is 5.46. The van der Waals surface area contributed by atoms with Crippen LogP contribution in [0, 0.1) is 0 Å². The maximum atomic E-state index is 11.5. The van der Waals surface area contributed by atoms with Gasteiger partial charge in [-0.25, -0.2) is 9.59 Å². The van der Waals surface area contributed by atoms with Crippen molar-refractivity contribution in [3.05, 3.63) is 46.4 Å². The lowest BCUT2D eigenvalue weighted by atomic mass is 10.2. The molecule has 0 aliphatic rings. The van der Waals surface area contributed by atoms with Crippen LogP contribution in [0.3, 0.4) is 0 Å². The maximum Gasteiger partial charge on any atom is 0.418 e. The molecule has 1 aromatic heterocycles. The summed E-state index contributed by atoms with van der Waals surface area (Å²) in [6.07, 6.45) is 0.634. The van der Waals surface area contributed by atoms with E-state index in [0.29, 0.717) is 0 Å². The molecule has 0 saturated carbocycles. The number of hydrogen-bond donors (Lipinski definition) is 1. The number of rotatable bonds is 2. The molecule has 2 aromatic rings. The van der Waals surface area contributed by atoms with Gasteiger partial charge in [0.1, 0.15) is 11.3 Å². The summed E-state index contributed by atoms with van der Waals surface area (Å²) in [7, 11) is 1.47. The van der Waals surface area contributed by atoms with Gasteiger partial charge in [-0.3, -0.25) is 4.90 Å². The van der Waals surface area contributed by atoms with Gasteiger partial charge in [0.25, 0.3) is 0 Å². The lowest BCUT2D eigenvalue weighted by Crippen LogP contribution is -2.24. The van der Waals surface area contributed by atoms with E-state index in [-0.39, 0.29) is 22.5 Å². The highest BCUT2D eigenvalue weighted by atomic mass is 35.5. The molecule has 0 fully saturated rings. The van der Waals surface area contributed by atoms with Crippen LogP contribution in [0.1, 0.15) is 0 Å². The number of carbonyl (C=O) groups is 1. The Bertz CT molecular complexity index is 752. The minimum Gasteiger partial charge on any atom is -0.505 e.